The van der Waals surface area contributed by atoms with Gasteiger partial charge in [0.25, 0.3) is 5.91 Å². The summed E-state index contributed by atoms with van der Waals surface area (Å²) in [6.45, 7) is 7.69. The third-order valence-corrected chi connectivity index (χ3v) is 5.86. The molecule has 2 aromatic heterocycles. The van der Waals surface area contributed by atoms with Crippen molar-refractivity contribution in [2.75, 3.05) is 5.32 Å². The summed E-state index contributed by atoms with van der Waals surface area (Å²) in [5, 5.41) is 7.20. The number of aryl methyl sites for hydroxylation is 3. The number of alkyl halides is 3. The molecule has 4 rings (SSSR count). The van der Waals surface area contributed by atoms with Gasteiger partial charge >= 0.3 is 6.18 Å². The lowest BCUT2D eigenvalue weighted by atomic mass is 10.1. The van der Waals surface area contributed by atoms with E-state index in [1.54, 1.807) is 36.7 Å². The Balaban J connectivity index is 1.44. The number of benzene rings is 2. The van der Waals surface area contributed by atoms with Crippen molar-refractivity contribution < 1.29 is 27.1 Å². The largest absolute Gasteiger partial charge is 0.485 e. The molecular formula is C27H26F3N3O3. The molecule has 0 atom stereocenters. The van der Waals surface area contributed by atoms with Gasteiger partial charge in [0, 0.05) is 0 Å². The number of rotatable bonds is 7. The van der Waals surface area contributed by atoms with Gasteiger partial charge in [0.2, 0.25) is 0 Å². The van der Waals surface area contributed by atoms with E-state index in [4.69, 9.17) is 9.15 Å². The highest BCUT2D eigenvalue weighted by Crippen LogP contribution is 2.30. The minimum atomic E-state index is -4.42. The number of carbonyl (C=O) groups excluding carboxylic acids is 1. The molecule has 0 aliphatic heterocycles. The molecule has 1 amide bonds. The number of anilines is 1. The highest BCUT2D eigenvalue weighted by Gasteiger charge is 2.30. The van der Waals surface area contributed by atoms with E-state index < -0.39 is 17.6 Å². The van der Waals surface area contributed by atoms with Gasteiger partial charge in [-0.3, -0.25) is 9.48 Å². The molecule has 0 aliphatic carbocycles. The zero-order valence-corrected chi connectivity index (χ0v) is 20.4. The molecule has 0 radical (unpaired) electrons. The molecule has 1 N–H and O–H groups in total. The zero-order chi connectivity index (χ0) is 26.0. The fourth-order valence-corrected chi connectivity index (χ4v) is 3.97. The van der Waals surface area contributed by atoms with Gasteiger partial charge in [-0.05, 0) is 68.7 Å². The van der Waals surface area contributed by atoms with Crippen LogP contribution in [-0.2, 0) is 19.3 Å². The van der Waals surface area contributed by atoms with Crippen LogP contribution >= 0.6 is 0 Å². The van der Waals surface area contributed by atoms with Crippen molar-refractivity contribution in [2.24, 2.45) is 0 Å². The van der Waals surface area contributed by atoms with E-state index in [0.717, 1.165) is 29.0 Å². The number of ether oxygens (including phenoxy) is 1. The summed E-state index contributed by atoms with van der Waals surface area (Å²) >= 11 is 0. The lowest BCUT2D eigenvalue weighted by molar-refractivity contribution is -0.137. The first-order valence-electron chi connectivity index (χ1n) is 11.3. The molecule has 36 heavy (non-hydrogen) atoms. The van der Waals surface area contributed by atoms with Crippen molar-refractivity contribution in [3.8, 4) is 5.75 Å². The van der Waals surface area contributed by atoms with Crippen molar-refractivity contribution >= 4 is 11.6 Å². The van der Waals surface area contributed by atoms with E-state index in [-0.39, 0.29) is 18.9 Å². The van der Waals surface area contributed by atoms with Crippen LogP contribution in [0.15, 0.2) is 59.0 Å². The van der Waals surface area contributed by atoms with E-state index in [9.17, 15) is 18.0 Å². The number of nitrogens with one attached hydrogen (secondary N) is 1. The Bertz CT molecular complexity index is 1380. The second-order valence-electron chi connectivity index (χ2n) is 8.63. The summed E-state index contributed by atoms with van der Waals surface area (Å²) in [4.78, 5) is 12.8. The number of amides is 1. The van der Waals surface area contributed by atoms with Crippen LogP contribution in [0.1, 0.15) is 50.0 Å². The van der Waals surface area contributed by atoms with Gasteiger partial charge in [-0.1, -0.05) is 30.3 Å². The summed E-state index contributed by atoms with van der Waals surface area (Å²) in [6.07, 6.45) is -4.42. The standard InChI is InChI=1S/C27H26F3N3O3/c1-16-7-5-8-17(2)25(16)35-15-22-11-12-23(36-22)26(34)31-24-18(3)32-33(19(24)4)14-20-9-6-10-21(13-20)27(28,29)30/h5-13H,14-15H2,1-4H3,(H,31,34). The van der Waals surface area contributed by atoms with E-state index in [1.165, 1.54) is 6.07 Å². The summed E-state index contributed by atoms with van der Waals surface area (Å²) in [5.41, 5.74) is 3.39. The van der Waals surface area contributed by atoms with Crippen molar-refractivity contribution in [1.82, 2.24) is 9.78 Å². The highest BCUT2D eigenvalue weighted by molar-refractivity contribution is 6.02. The second-order valence-corrected chi connectivity index (χ2v) is 8.63. The van der Waals surface area contributed by atoms with E-state index in [2.05, 4.69) is 10.4 Å². The monoisotopic (exact) mass is 497 g/mol. The summed E-state index contributed by atoms with van der Waals surface area (Å²) in [5.74, 6) is 0.925. The van der Waals surface area contributed by atoms with Crippen LogP contribution in [0, 0.1) is 27.7 Å². The third kappa shape index (κ3) is 5.45. The Morgan fingerprint density at radius 2 is 1.72 bits per heavy atom. The number of hydrogen-bond acceptors (Lipinski definition) is 4. The van der Waals surface area contributed by atoms with Crippen LogP contribution in [0.5, 0.6) is 5.75 Å². The molecule has 0 fully saturated rings. The van der Waals surface area contributed by atoms with Crippen LogP contribution in [0.3, 0.4) is 0 Å². The topological polar surface area (TPSA) is 69.3 Å². The van der Waals surface area contributed by atoms with Crippen molar-refractivity contribution in [1.29, 1.82) is 0 Å². The highest BCUT2D eigenvalue weighted by atomic mass is 19.4. The third-order valence-electron chi connectivity index (χ3n) is 5.86. The Hall–Kier alpha value is -4.01. The number of furan rings is 1. The summed E-state index contributed by atoms with van der Waals surface area (Å²) in [7, 11) is 0. The van der Waals surface area contributed by atoms with E-state index in [0.29, 0.717) is 28.4 Å². The van der Waals surface area contributed by atoms with Gasteiger partial charge in [0.05, 0.1) is 29.2 Å². The predicted molar refractivity (Wildman–Crippen MR) is 129 cm³/mol. The first-order valence-corrected chi connectivity index (χ1v) is 11.3. The maximum Gasteiger partial charge on any atom is 0.416 e. The number of aromatic nitrogens is 2. The number of carbonyl (C=O) groups is 1. The number of hydrogen-bond donors (Lipinski definition) is 1. The smallest absolute Gasteiger partial charge is 0.416 e. The van der Waals surface area contributed by atoms with E-state index >= 15 is 0 Å². The van der Waals surface area contributed by atoms with Crippen LogP contribution in [0.4, 0.5) is 18.9 Å². The van der Waals surface area contributed by atoms with Crippen LogP contribution in [0.25, 0.3) is 0 Å². The van der Waals surface area contributed by atoms with Crippen molar-refractivity contribution in [3.05, 3.63) is 99.8 Å². The Labute approximate surface area is 206 Å². The normalized spacial score (nSPS) is 11.5. The quantitative estimate of drug-likeness (QED) is 0.312. The first kappa shape index (κ1) is 25.1. The van der Waals surface area contributed by atoms with Crippen molar-refractivity contribution in [2.45, 2.75) is 47.0 Å². The Morgan fingerprint density at radius 1 is 1.03 bits per heavy atom. The lowest BCUT2D eigenvalue weighted by Gasteiger charge is -2.10. The van der Waals surface area contributed by atoms with Gasteiger partial charge in [-0.25, -0.2) is 0 Å². The number of halogens is 3. The van der Waals surface area contributed by atoms with Crippen molar-refractivity contribution in [3.63, 3.8) is 0 Å². The van der Waals surface area contributed by atoms with Gasteiger partial charge in [0.1, 0.15) is 18.1 Å². The fraction of sp³-hybridized carbons (Fsp3) is 0.259. The molecular weight excluding hydrogens is 471 g/mol. The number of para-hydroxylation sites is 1. The lowest BCUT2D eigenvalue weighted by Crippen LogP contribution is -2.13. The SMILES string of the molecule is Cc1cccc(C)c1OCc1ccc(C(=O)Nc2c(C)nn(Cc3cccc(C(F)(F)F)c3)c2C)o1. The minimum Gasteiger partial charge on any atom is -0.485 e. The minimum absolute atomic E-state index is 0.111. The molecule has 188 valence electrons. The van der Waals surface area contributed by atoms with E-state index in [1.807, 2.05) is 32.0 Å². The molecule has 0 aliphatic rings. The van der Waals surface area contributed by atoms with Crippen LogP contribution in [-0.4, -0.2) is 15.7 Å². The maximum atomic E-state index is 13.0. The molecule has 2 heterocycles. The molecule has 0 bridgehead atoms. The second kappa shape index (κ2) is 9.93. The molecule has 2 aromatic carbocycles. The summed E-state index contributed by atoms with van der Waals surface area (Å²) < 4.78 is 52.3. The molecule has 9 heteroatoms. The Kier molecular flexibility index (Phi) is 6.92. The average Bonchev–Trinajstić information content (AvgIpc) is 3.39. The van der Waals surface area contributed by atoms with Gasteiger partial charge in [-0.15, -0.1) is 0 Å². The van der Waals surface area contributed by atoms with Gasteiger partial charge in [0.15, 0.2) is 5.76 Å². The maximum absolute atomic E-state index is 13.0. The first-order chi connectivity index (χ1) is 17.0. The molecule has 0 saturated heterocycles. The molecule has 4 aromatic rings. The molecule has 0 saturated carbocycles. The molecule has 6 nitrogen and oxygen atoms in total. The Morgan fingerprint density at radius 3 is 2.42 bits per heavy atom. The average molecular weight is 498 g/mol. The fourth-order valence-electron chi connectivity index (χ4n) is 3.97. The van der Waals surface area contributed by atoms with Gasteiger partial charge in [-0.2, -0.15) is 18.3 Å². The zero-order valence-electron chi connectivity index (χ0n) is 20.4. The van der Waals surface area contributed by atoms with Crippen LogP contribution < -0.4 is 10.1 Å². The predicted octanol–water partition coefficient (Wildman–Crippen LogP) is 6.61. The molecule has 0 unspecified atom stereocenters. The molecule has 0 spiro atoms. The van der Waals surface area contributed by atoms with Gasteiger partial charge < -0.3 is 14.5 Å². The summed E-state index contributed by atoms with van der Waals surface area (Å²) in [6, 6.07) is 14.2. The van der Waals surface area contributed by atoms with Crippen LogP contribution in [0.2, 0.25) is 0 Å². The number of nitrogens with zero attached hydrogens (tertiary/aromatic N) is 2.